The van der Waals surface area contributed by atoms with E-state index in [1.807, 2.05) is 6.08 Å². The van der Waals surface area contributed by atoms with Crippen molar-refractivity contribution in [3.8, 4) is 0 Å². The zero-order valence-corrected chi connectivity index (χ0v) is 19.0. The first kappa shape index (κ1) is 19.8. The fourth-order valence-corrected chi connectivity index (χ4v) is 5.94. The molecule has 33 heavy (non-hydrogen) atoms. The standard InChI is InChI=1S/C31H26N2/c1-4-13-23-20-31(24-14-7-5-8-15-24,25-16-9-6-10-17-25)29-22(3)32-30-27-19-12-11-18-26(27)21(2)28(23)33(29)30/h4-19H,1,20H2,2-3H3/b23-13-. The first-order valence-corrected chi connectivity index (χ1v) is 11.5. The Hall–Kier alpha value is -3.91. The molecule has 0 radical (unpaired) electrons. The summed E-state index contributed by atoms with van der Waals surface area (Å²) in [4.78, 5) is 5.20. The van der Waals surface area contributed by atoms with Crippen molar-refractivity contribution in [3.63, 3.8) is 0 Å². The number of hydrogen-bond donors (Lipinski definition) is 0. The summed E-state index contributed by atoms with van der Waals surface area (Å²) in [7, 11) is 0. The summed E-state index contributed by atoms with van der Waals surface area (Å²) < 4.78 is 2.44. The second-order valence-corrected chi connectivity index (χ2v) is 8.97. The number of imidazole rings is 1. The van der Waals surface area contributed by atoms with Crippen molar-refractivity contribution in [2.24, 2.45) is 0 Å². The van der Waals surface area contributed by atoms with Gasteiger partial charge in [0.15, 0.2) is 0 Å². The van der Waals surface area contributed by atoms with E-state index < -0.39 is 0 Å². The number of fused-ring (bicyclic) bond motifs is 2. The molecule has 0 aliphatic carbocycles. The van der Waals surface area contributed by atoms with E-state index in [2.05, 4.69) is 116 Å². The summed E-state index contributed by atoms with van der Waals surface area (Å²) in [5.41, 5.74) is 9.43. The van der Waals surface area contributed by atoms with E-state index in [-0.39, 0.29) is 5.41 Å². The highest BCUT2D eigenvalue weighted by molar-refractivity contribution is 6.00. The minimum absolute atomic E-state index is 0.344. The van der Waals surface area contributed by atoms with Crippen molar-refractivity contribution < 1.29 is 0 Å². The summed E-state index contributed by atoms with van der Waals surface area (Å²) in [6, 6.07) is 30.4. The van der Waals surface area contributed by atoms with Crippen LogP contribution in [0.15, 0.2) is 104 Å². The van der Waals surface area contributed by atoms with Crippen molar-refractivity contribution in [1.29, 1.82) is 0 Å². The zero-order valence-electron chi connectivity index (χ0n) is 19.0. The molecule has 3 aromatic carbocycles. The van der Waals surface area contributed by atoms with Crippen molar-refractivity contribution in [2.45, 2.75) is 25.7 Å². The molecule has 3 heterocycles. The normalized spacial score (nSPS) is 15.9. The molecule has 0 amide bonds. The molecule has 0 unspecified atom stereocenters. The molecule has 0 saturated carbocycles. The second-order valence-electron chi connectivity index (χ2n) is 8.97. The number of benzene rings is 3. The minimum atomic E-state index is -0.344. The van der Waals surface area contributed by atoms with Gasteiger partial charge in [-0.2, -0.15) is 0 Å². The third kappa shape index (κ3) is 2.64. The molecule has 0 saturated heterocycles. The van der Waals surface area contributed by atoms with Crippen LogP contribution in [-0.4, -0.2) is 9.38 Å². The van der Waals surface area contributed by atoms with Crippen LogP contribution >= 0.6 is 0 Å². The molecule has 1 aliphatic rings. The molecular weight excluding hydrogens is 400 g/mol. The number of pyridine rings is 1. The third-order valence-corrected chi connectivity index (χ3v) is 7.22. The number of allylic oxidation sites excluding steroid dienone is 3. The quantitative estimate of drug-likeness (QED) is 0.293. The van der Waals surface area contributed by atoms with Gasteiger partial charge in [0, 0.05) is 5.39 Å². The molecule has 2 nitrogen and oxygen atoms in total. The first-order chi connectivity index (χ1) is 16.2. The smallest absolute Gasteiger partial charge is 0.145 e. The fourth-order valence-electron chi connectivity index (χ4n) is 5.94. The van der Waals surface area contributed by atoms with E-state index >= 15 is 0 Å². The highest BCUT2D eigenvalue weighted by Gasteiger charge is 2.45. The van der Waals surface area contributed by atoms with Crippen molar-refractivity contribution >= 4 is 22.0 Å². The number of aromatic nitrogens is 2. The molecule has 6 rings (SSSR count). The molecular formula is C31H26N2. The number of hydrogen-bond acceptors (Lipinski definition) is 1. The molecule has 0 N–H and O–H groups in total. The van der Waals surface area contributed by atoms with Gasteiger partial charge in [-0.05, 0) is 47.9 Å². The number of aryl methyl sites for hydroxylation is 2. The van der Waals surface area contributed by atoms with Crippen LogP contribution in [-0.2, 0) is 5.41 Å². The first-order valence-electron chi connectivity index (χ1n) is 11.5. The van der Waals surface area contributed by atoms with Gasteiger partial charge >= 0.3 is 0 Å². The zero-order chi connectivity index (χ0) is 22.6. The van der Waals surface area contributed by atoms with E-state index in [9.17, 15) is 0 Å². The van der Waals surface area contributed by atoms with E-state index in [0.29, 0.717) is 0 Å². The van der Waals surface area contributed by atoms with E-state index in [1.165, 1.54) is 44.4 Å². The molecule has 0 atom stereocenters. The molecule has 0 spiro atoms. The lowest BCUT2D eigenvalue weighted by Crippen LogP contribution is -2.36. The Balaban J connectivity index is 1.88. The van der Waals surface area contributed by atoms with Crippen LogP contribution in [0.25, 0.3) is 22.0 Å². The van der Waals surface area contributed by atoms with Crippen LogP contribution in [0.2, 0.25) is 0 Å². The Labute approximate surface area is 194 Å². The van der Waals surface area contributed by atoms with Gasteiger partial charge in [0.2, 0.25) is 0 Å². The van der Waals surface area contributed by atoms with Crippen LogP contribution in [0.4, 0.5) is 0 Å². The molecule has 0 fully saturated rings. The minimum Gasteiger partial charge on any atom is -0.295 e. The van der Waals surface area contributed by atoms with E-state index in [1.54, 1.807) is 0 Å². The summed E-state index contributed by atoms with van der Waals surface area (Å²) >= 11 is 0. The van der Waals surface area contributed by atoms with Gasteiger partial charge in [0.25, 0.3) is 0 Å². The largest absolute Gasteiger partial charge is 0.295 e. The lowest BCUT2D eigenvalue weighted by atomic mass is 9.65. The topological polar surface area (TPSA) is 17.3 Å². The monoisotopic (exact) mass is 426 g/mol. The van der Waals surface area contributed by atoms with Crippen molar-refractivity contribution in [1.82, 2.24) is 9.38 Å². The Morgan fingerprint density at radius 2 is 1.39 bits per heavy atom. The summed E-state index contributed by atoms with van der Waals surface area (Å²) in [6.45, 7) is 8.47. The molecule has 0 bridgehead atoms. The van der Waals surface area contributed by atoms with Crippen LogP contribution in [0.1, 0.15) is 40.2 Å². The summed E-state index contributed by atoms with van der Waals surface area (Å²) in [5, 5.41) is 2.46. The van der Waals surface area contributed by atoms with Gasteiger partial charge in [-0.15, -0.1) is 0 Å². The average Bonchev–Trinajstić information content (AvgIpc) is 3.22. The molecule has 5 aromatic rings. The van der Waals surface area contributed by atoms with Gasteiger partial charge in [-0.3, -0.25) is 4.40 Å². The highest BCUT2D eigenvalue weighted by Crippen LogP contribution is 2.52. The summed E-state index contributed by atoms with van der Waals surface area (Å²) in [5.74, 6) is 0. The van der Waals surface area contributed by atoms with Gasteiger partial charge in [-0.1, -0.05) is 104 Å². The highest BCUT2D eigenvalue weighted by atomic mass is 15.1. The molecule has 2 aromatic heterocycles. The van der Waals surface area contributed by atoms with Crippen molar-refractivity contribution in [2.75, 3.05) is 0 Å². The van der Waals surface area contributed by atoms with Crippen LogP contribution in [0.5, 0.6) is 0 Å². The fraction of sp³-hybridized carbons (Fsp3) is 0.129. The Bertz CT molecular complexity index is 1510. The average molecular weight is 427 g/mol. The SMILES string of the molecule is C=C/C=C1/CC(c2ccccc2)(c2ccccc2)c2c(C)nc3c4ccccc4c(C)c1n23. The van der Waals surface area contributed by atoms with Crippen LogP contribution in [0.3, 0.4) is 0 Å². The lowest BCUT2D eigenvalue weighted by molar-refractivity contribution is 0.582. The van der Waals surface area contributed by atoms with Gasteiger partial charge < -0.3 is 0 Å². The molecule has 160 valence electrons. The maximum Gasteiger partial charge on any atom is 0.145 e. The van der Waals surface area contributed by atoms with Crippen molar-refractivity contribution in [3.05, 3.63) is 137 Å². The number of rotatable bonds is 3. The Morgan fingerprint density at radius 1 is 0.818 bits per heavy atom. The van der Waals surface area contributed by atoms with Gasteiger partial charge in [0.1, 0.15) is 5.65 Å². The lowest BCUT2D eigenvalue weighted by Gasteiger charge is -2.41. The maximum atomic E-state index is 5.20. The van der Waals surface area contributed by atoms with Gasteiger partial charge in [-0.25, -0.2) is 4.98 Å². The Kier molecular flexibility index (Phi) is 4.38. The second kappa shape index (κ2) is 7.31. The molecule has 2 heteroatoms. The maximum absolute atomic E-state index is 5.20. The number of nitrogens with zero attached hydrogens (tertiary/aromatic N) is 2. The predicted octanol–water partition coefficient (Wildman–Crippen LogP) is 7.41. The Morgan fingerprint density at radius 3 is 2.00 bits per heavy atom. The van der Waals surface area contributed by atoms with E-state index in [4.69, 9.17) is 4.98 Å². The third-order valence-electron chi connectivity index (χ3n) is 7.22. The van der Waals surface area contributed by atoms with Gasteiger partial charge in [0.05, 0.1) is 22.5 Å². The van der Waals surface area contributed by atoms with E-state index in [0.717, 1.165) is 17.8 Å². The van der Waals surface area contributed by atoms with Crippen LogP contribution < -0.4 is 0 Å². The van der Waals surface area contributed by atoms with Crippen LogP contribution in [0, 0.1) is 13.8 Å². The predicted molar refractivity (Wildman–Crippen MR) is 138 cm³/mol. The molecule has 1 aliphatic heterocycles. The summed E-state index contributed by atoms with van der Waals surface area (Å²) in [6.07, 6.45) is 4.97.